The molecule has 3 nitrogen and oxygen atoms in total. The Kier molecular flexibility index (Phi) is 1.81. The third-order valence-corrected chi connectivity index (χ3v) is 5.57. The average molecular weight is 203 g/mol. The zero-order valence-electron chi connectivity index (χ0n) is 8.16. The predicted octanol–water partition coefficient (Wildman–Crippen LogP) is 0.404. The third-order valence-electron chi connectivity index (χ3n) is 3.77. The van der Waals surface area contributed by atoms with Crippen molar-refractivity contribution >= 4 is 9.84 Å². The van der Waals surface area contributed by atoms with Gasteiger partial charge in [0, 0.05) is 6.04 Å². The lowest BCUT2D eigenvalue weighted by Gasteiger charge is -2.07. The molecule has 0 spiro atoms. The van der Waals surface area contributed by atoms with Gasteiger partial charge in [0.05, 0.1) is 11.5 Å². The van der Waals surface area contributed by atoms with Crippen LogP contribution in [-0.2, 0) is 9.84 Å². The van der Waals surface area contributed by atoms with E-state index in [0.29, 0.717) is 23.3 Å². The van der Waals surface area contributed by atoms with Crippen LogP contribution in [0.5, 0.6) is 0 Å². The highest BCUT2D eigenvalue weighted by Gasteiger charge is 2.60. The van der Waals surface area contributed by atoms with E-state index >= 15 is 0 Å². The van der Waals surface area contributed by atoms with Crippen molar-refractivity contribution in [1.29, 1.82) is 0 Å². The van der Waals surface area contributed by atoms with E-state index in [4.69, 9.17) is 5.73 Å². The van der Waals surface area contributed by atoms with E-state index in [9.17, 15) is 8.42 Å². The lowest BCUT2D eigenvalue weighted by atomic mass is 9.97. The maximum Gasteiger partial charge on any atom is 0.150 e. The molecule has 1 aliphatic carbocycles. The molecule has 1 aliphatic heterocycles. The minimum Gasteiger partial charge on any atom is -0.327 e. The van der Waals surface area contributed by atoms with E-state index in [-0.39, 0.29) is 11.5 Å². The molecular weight excluding hydrogens is 186 g/mol. The Hall–Kier alpha value is -0.0900. The molecule has 0 aromatic carbocycles. The van der Waals surface area contributed by atoms with E-state index in [1.807, 2.05) is 0 Å². The minimum absolute atomic E-state index is 0.171. The molecule has 1 saturated heterocycles. The maximum atomic E-state index is 11.3. The first-order chi connectivity index (χ1) is 5.84. The summed E-state index contributed by atoms with van der Waals surface area (Å²) in [6.07, 6.45) is 0.824. The molecule has 0 bridgehead atoms. The summed E-state index contributed by atoms with van der Waals surface area (Å²) in [4.78, 5) is 0. The van der Waals surface area contributed by atoms with Crippen LogP contribution in [0.25, 0.3) is 0 Å². The number of sulfone groups is 1. The summed E-state index contributed by atoms with van der Waals surface area (Å²) in [5.41, 5.74) is 6.09. The zero-order chi connectivity index (χ0) is 9.85. The SMILES string of the molecule is CC1(C)[C@H](N)[C@H]1C1CCS(=O)(=O)C1. The Morgan fingerprint density at radius 3 is 2.23 bits per heavy atom. The number of hydrogen-bond acceptors (Lipinski definition) is 3. The molecule has 0 aromatic heterocycles. The van der Waals surface area contributed by atoms with E-state index in [1.165, 1.54) is 0 Å². The Bertz CT molecular complexity index is 321. The van der Waals surface area contributed by atoms with Gasteiger partial charge in [-0.05, 0) is 23.7 Å². The summed E-state index contributed by atoms with van der Waals surface area (Å²) in [6.45, 7) is 4.26. The summed E-state index contributed by atoms with van der Waals surface area (Å²) < 4.78 is 22.5. The van der Waals surface area contributed by atoms with E-state index < -0.39 is 9.84 Å². The van der Waals surface area contributed by atoms with Crippen molar-refractivity contribution in [3.05, 3.63) is 0 Å². The first kappa shape index (κ1) is 9.46. The molecule has 1 unspecified atom stereocenters. The summed E-state index contributed by atoms with van der Waals surface area (Å²) in [5, 5.41) is 0. The van der Waals surface area contributed by atoms with Crippen molar-refractivity contribution in [2.45, 2.75) is 26.3 Å². The fourth-order valence-corrected chi connectivity index (χ4v) is 4.58. The van der Waals surface area contributed by atoms with Crippen LogP contribution in [0.15, 0.2) is 0 Å². The van der Waals surface area contributed by atoms with Gasteiger partial charge in [0.1, 0.15) is 0 Å². The summed E-state index contributed by atoms with van der Waals surface area (Å²) in [6, 6.07) is 0.214. The van der Waals surface area contributed by atoms with E-state index in [2.05, 4.69) is 13.8 Å². The Morgan fingerprint density at radius 2 is 1.92 bits per heavy atom. The van der Waals surface area contributed by atoms with Crippen LogP contribution >= 0.6 is 0 Å². The number of rotatable bonds is 1. The summed E-state index contributed by atoms with van der Waals surface area (Å²) >= 11 is 0. The smallest absolute Gasteiger partial charge is 0.150 e. The third kappa shape index (κ3) is 1.40. The van der Waals surface area contributed by atoms with Gasteiger partial charge >= 0.3 is 0 Å². The lowest BCUT2D eigenvalue weighted by Crippen LogP contribution is -2.12. The molecule has 76 valence electrons. The van der Waals surface area contributed by atoms with Gasteiger partial charge in [-0.15, -0.1) is 0 Å². The van der Waals surface area contributed by atoms with Crippen molar-refractivity contribution in [3.8, 4) is 0 Å². The van der Waals surface area contributed by atoms with Gasteiger partial charge in [0.15, 0.2) is 9.84 Å². The highest BCUT2D eigenvalue weighted by atomic mass is 32.2. The maximum absolute atomic E-state index is 11.3. The molecular formula is C9H17NO2S. The van der Waals surface area contributed by atoms with Crippen LogP contribution in [0, 0.1) is 17.3 Å². The van der Waals surface area contributed by atoms with Crippen molar-refractivity contribution in [2.24, 2.45) is 23.0 Å². The topological polar surface area (TPSA) is 60.2 Å². The molecule has 2 aliphatic rings. The molecule has 0 amide bonds. The van der Waals surface area contributed by atoms with Gasteiger partial charge < -0.3 is 5.73 Å². The molecule has 2 N–H and O–H groups in total. The first-order valence-corrected chi connectivity index (χ1v) is 6.63. The Morgan fingerprint density at radius 1 is 1.38 bits per heavy atom. The van der Waals surface area contributed by atoms with Gasteiger partial charge in [0.2, 0.25) is 0 Å². The standard InChI is InChI=1S/C9H17NO2S/c1-9(2)7(8(9)10)6-3-4-13(11,12)5-6/h6-8H,3-5,10H2,1-2H3/t6?,7-,8-/m1/s1. The Balaban J connectivity index is 2.07. The second-order valence-electron chi connectivity index (χ2n) is 5.04. The van der Waals surface area contributed by atoms with Crippen LogP contribution in [0.1, 0.15) is 20.3 Å². The van der Waals surface area contributed by atoms with Crippen molar-refractivity contribution in [1.82, 2.24) is 0 Å². The lowest BCUT2D eigenvalue weighted by molar-refractivity contribution is 0.429. The largest absolute Gasteiger partial charge is 0.327 e. The molecule has 1 heterocycles. The van der Waals surface area contributed by atoms with Crippen molar-refractivity contribution in [3.63, 3.8) is 0 Å². The molecule has 0 aromatic rings. The Labute approximate surface area is 79.6 Å². The van der Waals surface area contributed by atoms with Crippen LogP contribution in [0.3, 0.4) is 0 Å². The van der Waals surface area contributed by atoms with Gasteiger partial charge in [0.25, 0.3) is 0 Å². The first-order valence-electron chi connectivity index (χ1n) is 4.80. The fourth-order valence-electron chi connectivity index (χ4n) is 2.73. The van der Waals surface area contributed by atoms with Crippen molar-refractivity contribution < 1.29 is 8.42 Å². The van der Waals surface area contributed by atoms with Crippen LogP contribution in [-0.4, -0.2) is 26.0 Å². The normalized spacial score (nSPS) is 46.2. The molecule has 4 heteroatoms. The molecule has 1 saturated carbocycles. The van der Waals surface area contributed by atoms with Crippen LogP contribution < -0.4 is 5.73 Å². The molecule has 2 rings (SSSR count). The fraction of sp³-hybridized carbons (Fsp3) is 1.00. The summed E-state index contributed by atoms with van der Waals surface area (Å²) in [5.74, 6) is 1.51. The zero-order valence-corrected chi connectivity index (χ0v) is 8.97. The van der Waals surface area contributed by atoms with Crippen LogP contribution in [0.4, 0.5) is 0 Å². The molecule has 13 heavy (non-hydrogen) atoms. The van der Waals surface area contributed by atoms with Gasteiger partial charge in [-0.3, -0.25) is 0 Å². The van der Waals surface area contributed by atoms with Gasteiger partial charge in [-0.1, -0.05) is 13.8 Å². The highest BCUT2D eigenvalue weighted by Crippen LogP contribution is 2.56. The van der Waals surface area contributed by atoms with Gasteiger partial charge in [-0.2, -0.15) is 0 Å². The second kappa shape index (κ2) is 2.48. The number of hydrogen-bond donors (Lipinski definition) is 1. The second-order valence-corrected chi connectivity index (χ2v) is 7.26. The predicted molar refractivity (Wildman–Crippen MR) is 52.0 cm³/mol. The average Bonchev–Trinajstić information content (AvgIpc) is 2.37. The van der Waals surface area contributed by atoms with E-state index in [0.717, 1.165) is 6.42 Å². The van der Waals surface area contributed by atoms with Gasteiger partial charge in [-0.25, -0.2) is 8.42 Å². The molecule has 2 fully saturated rings. The monoisotopic (exact) mass is 203 g/mol. The highest BCUT2D eigenvalue weighted by molar-refractivity contribution is 7.91. The van der Waals surface area contributed by atoms with Crippen molar-refractivity contribution in [2.75, 3.05) is 11.5 Å². The molecule has 3 atom stereocenters. The summed E-state index contributed by atoms with van der Waals surface area (Å²) in [7, 11) is -2.73. The number of nitrogens with two attached hydrogens (primary N) is 1. The van der Waals surface area contributed by atoms with E-state index in [1.54, 1.807) is 0 Å². The quantitative estimate of drug-likeness (QED) is 0.671. The van der Waals surface area contributed by atoms with Crippen LogP contribution in [0.2, 0.25) is 0 Å². The minimum atomic E-state index is -2.73. The molecule has 0 radical (unpaired) electrons.